The predicted octanol–water partition coefficient (Wildman–Crippen LogP) is 0.529. The van der Waals surface area contributed by atoms with Gasteiger partial charge in [0.05, 0.1) is 5.39 Å². The number of halogens is 1. The van der Waals surface area contributed by atoms with Crippen molar-refractivity contribution in [3.8, 4) is 0 Å². The van der Waals surface area contributed by atoms with E-state index in [-0.39, 0.29) is 5.16 Å². The number of fused-ring (bicyclic) bond motifs is 1. The summed E-state index contributed by atoms with van der Waals surface area (Å²) in [7, 11) is -1.69. The fourth-order valence-electron chi connectivity index (χ4n) is 1.16. The Morgan fingerprint density at radius 1 is 1.47 bits per heavy atom. The van der Waals surface area contributed by atoms with E-state index in [0.29, 0.717) is 15.6 Å². The molecule has 2 aromatic heterocycles. The molecular formula is C7H7BrN4O2S. The zero-order valence-electron chi connectivity index (χ0n) is 7.97. The van der Waals surface area contributed by atoms with Crippen molar-refractivity contribution in [3.63, 3.8) is 0 Å². The van der Waals surface area contributed by atoms with E-state index in [1.165, 1.54) is 10.9 Å². The molecule has 2 rings (SSSR count). The Labute approximate surface area is 94.4 Å². The molecule has 80 valence electrons. The molecule has 0 amide bonds. The minimum Gasteiger partial charge on any atom is -0.249 e. The Balaban J connectivity index is 2.82. The van der Waals surface area contributed by atoms with Crippen LogP contribution in [0.5, 0.6) is 0 Å². The van der Waals surface area contributed by atoms with Crippen LogP contribution in [-0.4, -0.2) is 34.4 Å². The summed E-state index contributed by atoms with van der Waals surface area (Å²) in [5.74, 6) is 0. The van der Waals surface area contributed by atoms with Gasteiger partial charge in [-0.3, -0.25) is 0 Å². The van der Waals surface area contributed by atoms with Crippen molar-refractivity contribution in [2.75, 3.05) is 6.26 Å². The third-order valence-electron chi connectivity index (χ3n) is 1.84. The van der Waals surface area contributed by atoms with Crippen molar-refractivity contribution < 1.29 is 8.42 Å². The Morgan fingerprint density at radius 2 is 2.13 bits per heavy atom. The third kappa shape index (κ3) is 1.74. The van der Waals surface area contributed by atoms with Crippen LogP contribution >= 0.6 is 15.9 Å². The lowest BCUT2D eigenvalue weighted by Crippen LogP contribution is -2.04. The smallest absolute Gasteiger partial charge is 0.248 e. The van der Waals surface area contributed by atoms with Crippen molar-refractivity contribution in [1.29, 1.82) is 0 Å². The highest BCUT2D eigenvalue weighted by Crippen LogP contribution is 2.20. The van der Waals surface area contributed by atoms with Crippen molar-refractivity contribution in [3.05, 3.63) is 10.8 Å². The molecule has 15 heavy (non-hydrogen) atoms. The van der Waals surface area contributed by atoms with Crippen molar-refractivity contribution >= 4 is 36.8 Å². The number of hydrogen-bond donors (Lipinski definition) is 0. The van der Waals surface area contributed by atoms with E-state index in [9.17, 15) is 8.42 Å². The van der Waals surface area contributed by atoms with E-state index in [0.717, 1.165) is 6.26 Å². The molecule has 0 saturated carbocycles. The summed E-state index contributed by atoms with van der Waals surface area (Å²) in [6.07, 6.45) is 2.51. The standard InChI is InChI=1S/C7H7BrN4O2S/c1-12-6-4(5(8)11-12)3-9-7(10-6)15(2,13)14/h3H,1-2H3. The minimum absolute atomic E-state index is 0.189. The number of sulfone groups is 1. The van der Waals surface area contributed by atoms with Crippen LogP contribution in [0.15, 0.2) is 16.0 Å². The molecule has 0 bridgehead atoms. The lowest BCUT2D eigenvalue weighted by molar-refractivity contribution is 0.593. The first-order valence-electron chi connectivity index (χ1n) is 3.95. The van der Waals surface area contributed by atoms with Crippen LogP contribution in [0.2, 0.25) is 0 Å². The van der Waals surface area contributed by atoms with Crippen LogP contribution in [0.25, 0.3) is 11.0 Å². The summed E-state index contributed by atoms with van der Waals surface area (Å²) in [6.45, 7) is 0. The molecule has 2 aromatic rings. The molecule has 0 N–H and O–H groups in total. The number of hydrogen-bond acceptors (Lipinski definition) is 5. The first-order valence-corrected chi connectivity index (χ1v) is 6.63. The molecule has 0 unspecified atom stereocenters. The van der Waals surface area contributed by atoms with Gasteiger partial charge in [-0.2, -0.15) is 10.1 Å². The molecule has 0 aliphatic carbocycles. The molecule has 0 fully saturated rings. The van der Waals surface area contributed by atoms with Gasteiger partial charge in [0.15, 0.2) is 5.65 Å². The van der Waals surface area contributed by atoms with Gasteiger partial charge in [-0.25, -0.2) is 18.1 Å². The van der Waals surface area contributed by atoms with Crippen LogP contribution in [0, 0.1) is 0 Å². The Kier molecular flexibility index (Phi) is 2.27. The molecule has 6 nitrogen and oxygen atoms in total. The van der Waals surface area contributed by atoms with Gasteiger partial charge >= 0.3 is 0 Å². The van der Waals surface area contributed by atoms with E-state index in [1.807, 2.05) is 0 Å². The fourth-order valence-corrected chi connectivity index (χ4v) is 2.18. The summed E-state index contributed by atoms with van der Waals surface area (Å²) < 4.78 is 24.5. The molecule has 0 aliphatic heterocycles. The van der Waals surface area contributed by atoms with E-state index in [2.05, 4.69) is 31.0 Å². The second-order valence-electron chi connectivity index (χ2n) is 3.08. The average molecular weight is 291 g/mol. The van der Waals surface area contributed by atoms with Gasteiger partial charge in [0, 0.05) is 19.5 Å². The van der Waals surface area contributed by atoms with Crippen LogP contribution in [0.4, 0.5) is 0 Å². The largest absolute Gasteiger partial charge is 0.249 e. The first-order chi connectivity index (χ1) is 6.89. The maximum atomic E-state index is 11.2. The van der Waals surface area contributed by atoms with Gasteiger partial charge < -0.3 is 0 Å². The Morgan fingerprint density at radius 3 is 2.73 bits per heavy atom. The quantitative estimate of drug-likeness (QED) is 0.716. The lowest BCUT2D eigenvalue weighted by Gasteiger charge is -1.96. The molecule has 0 saturated heterocycles. The molecule has 0 spiro atoms. The van der Waals surface area contributed by atoms with E-state index >= 15 is 0 Å². The number of aromatic nitrogens is 4. The Hall–Kier alpha value is -1.02. The average Bonchev–Trinajstić information content (AvgIpc) is 2.41. The molecule has 0 aromatic carbocycles. The molecule has 0 radical (unpaired) electrons. The van der Waals surface area contributed by atoms with Gasteiger partial charge in [0.25, 0.3) is 0 Å². The van der Waals surface area contributed by atoms with Gasteiger partial charge in [-0.05, 0) is 15.9 Å². The first kappa shape index (κ1) is 10.5. The maximum absolute atomic E-state index is 11.2. The zero-order chi connectivity index (χ0) is 11.2. The molecule has 0 aliphatic rings. The highest BCUT2D eigenvalue weighted by atomic mass is 79.9. The zero-order valence-corrected chi connectivity index (χ0v) is 10.4. The van der Waals surface area contributed by atoms with Gasteiger partial charge in [0.2, 0.25) is 15.0 Å². The van der Waals surface area contributed by atoms with E-state index in [1.54, 1.807) is 7.05 Å². The van der Waals surface area contributed by atoms with Crippen LogP contribution in [0.1, 0.15) is 0 Å². The van der Waals surface area contributed by atoms with Gasteiger partial charge in [-0.15, -0.1) is 0 Å². The Bertz CT molecular complexity index is 634. The van der Waals surface area contributed by atoms with Crippen molar-refractivity contribution in [1.82, 2.24) is 19.7 Å². The van der Waals surface area contributed by atoms with Gasteiger partial charge in [-0.1, -0.05) is 0 Å². The molecule has 2 heterocycles. The number of nitrogens with zero attached hydrogens (tertiary/aromatic N) is 4. The summed E-state index contributed by atoms with van der Waals surface area (Å²) >= 11 is 3.23. The lowest BCUT2D eigenvalue weighted by atomic mass is 10.4. The molecule has 0 atom stereocenters. The second kappa shape index (κ2) is 3.24. The van der Waals surface area contributed by atoms with Crippen LogP contribution in [0.3, 0.4) is 0 Å². The van der Waals surface area contributed by atoms with Crippen LogP contribution in [-0.2, 0) is 16.9 Å². The normalized spacial score (nSPS) is 12.2. The summed E-state index contributed by atoms with van der Waals surface area (Å²) in [5.41, 5.74) is 0.484. The maximum Gasteiger partial charge on any atom is 0.248 e. The van der Waals surface area contributed by atoms with Gasteiger partial charge in [0.1, 0.15) is 4.60 Å². The number of rotatable bonds is 1. The summed E-state index contributed by atoms with van der Waals surface area (Å²) in [6, 6.07) is 0. The summed E-state index contributed by atoms with van der Waals surface area (Å²) in [4.78, 5) is 7.71. The topological polar surface area (TPSA) is 77.7 Å². The molecule has 8 heteroatoms. The summed E-state index contributed by atoms with van der Waals surface area (Å²) in [5, 5.41) is 4.55. The van der Waals surface area contributed by atoms with E-state index in [4.69, 9.17) is 0 Å². The monoisotopic (exact) mass is 290 g/mol. The minimum atomic E-state index is -3.38. The van der Waals surface area contributed by atoms with Crippen LogP contribution < -0.4 is 0 Å². The second-order valence-corrected chi connectivity index (χ2v) is 5.74. The highest BCUT2D eigenvalue weighted by molar-refractivity contribution is 9.10. The highest BCUT2D eigenvalue weighted by Gasteiger charge is 2.15. The fraction of sp³-hybridized carbons (Fsp3) is 0.286. The van der Waals surface area contributed by atoms with Crippen molar-refractivity contribution in [2.24, 2.45) is 7.05 Å². The molecular weight excluding hydrogens is 284 g/mol. The SMILES string of the molecule is Cn1nc(Br)c2cnc(S(C)(=O)=O)nc21. The third-order valence-corrected chi connectivity index (χ3v) is 3.29. The predicted molar refractivity (Wildman–Crippen MR) is 57.1 cm³/mol. The van der Waals surface area contributed by atoms with Crippen molar-refractivity contribution in [2.45, 2.75) is 5.16 Å². The number of aryl methyl sites for hydroxylation is 1. The van der Waals surface area contributed by atoms with E-state index < -0.39 is 9.84 Å².